The van der Waals surface area contributed by atoms with Crippen molar-refractivity contribution in [2.45, 2.75) is 58.0 Å². The second kappa shape index (κ2) is 6.62. The number of nitrogens with one attached hydrogen (secondary N) is 1. The highest BCUT2D eigenvalue weighted by Crippen LogP contribution is 2.29. The predicted octanol–water partition coefficient (Wildman–Crippen LogP) is 2.98. The van der Waals surface area contributed by atoms with E-state index in [9.17, 15) is 0 Å². The van der Waals surface area contributed by atoms with E-state index < -0.39 is 0 Å². The smallest absolute Gasteiger partial charge is 0.0304 e. The van der Waals surface area contributed by atoms with E-state index in [1.165, 1.54) is 56.8 Å². The number of piperazine rings is 1. The maximum atomic E-state index is 3.84. The Hall–Kier alpha value is 0.270. The molecule has 3 heteroatoms. The molecule has 1 N–H and O–H groups in total. The van der Waals surface area contributed by atoms with Crippen molar-refractivity contribution in [3.05, 3.63) is 0 Å². The lowest BCUT2D eigenvalue weighted by molar-refractivity contribution is 0.0601. The van der Waals surface area contributed by atoms with E-state index in [0.29, 0.717) is 5.54 Å². The van der Waals surface area contributed by atoms with Gasteiger partial charge >= 0.3 is 0 Å². The average Bonchev–Trinajstić information content (AvgIpc) is 2.91. The van der Waals surface area contributed by atoms with Crippen LogP contribution in [0.1, 0.15) is 46.5 Å². The van der Waals surface area contributed by atoms with Crippen molar-refractivity contribution < 1.29 is 0 Å². The molecule has 2 rings (SSSR count). The zero-order valence-corrected chi connectivity index (χ0v) is 13.2. The van der Waals surface area contributed by atoms with Crippen LogP contribution in [0, 0.1) is 5.92 Å². The summed E-state index contributed by atoms with van der Waals surface area (Å²) in [6, 6.07) is 0.766. The molecule has 0 radical (unpaired) electrons. The van der Waals surface area contributed by atoms with Gasteiger partial charge in [-0.05, 0) is 43.1 Å². The van der Waals surface area contributed by atoms with E-state index >= 15 is 0 Å². The summed E-state index contributed by atoms with van der Waals surface area (Å²) in [7, 11) is 0. The first-order valence-corrected chi connectivity index (χ1v) is 8.95. The van der Waals surface area contributed by atoms with Crippen molar-refractivity contribution in [3.8, 4) is 0 Å². The zero-order valence-electron chi connectivity index (χ0n) is 12.4. The summed E-state index contributed by atoms with van der Waals surface area (Å²) in [5.41, 5.74) is 0.386. The van der Waals surface area contributed by atoms with Crippen LogP contribution in [-0.4, -0.2) is 47.6 Å². The van der Waals surface area contributed by atoms with Gasteiger partial charge in [0.05, 0.1) is 0 Å². The minimum absolute atomic E-state index is 0.386. The third-order valence-corrected chi connectivity index (χ3v) is 6.31. The maximum Gasteiger partial charge on any atom is 0.0304 e. The van der Waals surface area contributed by atoms with Gasteiger partial charge in [-0.2, -0.15) is 11.8 Å². The van der Waals surface area contributed by atoms with Crippen LogP contribution in [0.15, 0.2) is 0 Å². The fourth-order valence-corrected chi connectivity index (χ4v) is 4.71. The highest BCUT2D eigenvalue weighted by Gasteiger charge is 2.36. The second-order valence-electron chi connectivity index (χ2n) is 6.09. The first kappa shape index (κ1) is 14.7. The Kier molecular flexibility index (Phi) is 5.40. The van der Waals surface area contributed by atoms with Crippen LogP contribution in [0.25, 0.3) is 0 Å². The molecule has 2 heterocycles. The quantitative estimate of drug-likeness (QED) is 0.827. The number of nitrogens with zero attached hydrogens (tertiary/aromatic N) is 1. The molecule has 2 saturated heterocycles. The van der Waals surface area contributed by atoms with Gasteiger partial charge in [0.15, 0.2) is 0 Å². The summed E-state index contributed by atoms with van der Waals surface area (Å²) in [6.07, 6.45) is 5.25. The lowest BCUT2D eigenvalue weighted by Crippen LogP contribution is -2.64. The molecule has 2 aliphatic heterocycles. The van der Waals surface area contributed by atoms with Crippen LogP contribution in [0.5, 0.6) is 0 Å². The highest BCUT2D eigenvalue weighted by molar-refractivity contribution is 7.99. The van der Waals surface area contributed by atoms with Gasteiger partial charge in [-0.1, -0.05) is 20.8 Å². The molecule has 0 aromatic heterocycles. The Morgan fingerprint density at radius 1 is 1.28 bits per heavy atom. The summed E-state index contributed by atoms with van der Waals surface area (Å²) in [5, 5.41) is 3.84. The number of hydrogen-bond donors (Lipinski definition) is 1. The highest BCUT2D eigenvalue weighted by atomic mass is 32.2. The third-order valence-electron chi connectivity index (χ3n) is 5.08. The number of thioether (sulfide) groups is 1. The molecular weight excluding hydrogens is 240 g/mol. The molecule has 0 aliphatic carbocycles. The van der Waals surface area contributed by atoms with Crippen molar-refractivity contribution in [2.24, 2.45) is 5.92 Å². The lowest BCUT2D eigenvalue weighted by Gasteiger charge is -2.48. The zero-order chi connectivity index (χ0) is 13.0. The van der Waals surface area contributed by atoms with Crippen LogP contribution in [-0.2, 0) is 0 Å². The standard InChI is InChI=1S/C15H30N2S/c1-4-14-9-16-15(5-2,6-3)12-17(14)10-13-7-8-18-11-13/h13-14,16H,4-12H2,1-3H3. The monoisotopic (exact) mass is 270 g/mol. The third kappa shape index (κ3) is 3.23. The van der Waals surface area contributed by atoms with Gasteiger partial charge in [-0.15, -0.1) is 0 Å². The molecule has 0 aromatic rings. The average molecular weight is 270 g/mol. The minimum Gasteiger partial charge on any atom is -0.308 e. The van der Waals surface area contributed by atoms with Crippen molar-refractivity contribution >= 4 is 11.8 Å². The van der Waals surface area contributed by atoms with Crippen molar-refractivity contribution in [1.29, 1.82) is 0 Å². The Bertz CT molecular complexity index is 247. The molecule has 2 nitrogen and oxygen atoms in total. The lowest BCUT2D eigenvalue weighted by atomic mass is 9.87. The van der Waals surface area contributed by atoms with Gasteiger partial charge in [0.2, 0.25) is 0 Å². The fourth-order valence-electron chi connectivity index (χ4n) is 3.44. The molecule has 2 aliphatic rings. The molecule has 0 spiro atoms. The molecule has 106 valence electrons. The normalized spacial score (nSPS) is 32.8. The van der Waals surface area contributed by atoms with Crippen LogP contribution in [0.2, 0.25) is 0 Å². The Morgan fingerprint density at radius 2 is 2.06 bits per heavy atom. The summed E-state index contributed by atoms with van der Waals surface area (Å²) in [6.45, 7) is 10.8. The molecule has 0 saturated carbocycles. The van der Waals surface area contributed by atoms with E-state index in [2.05, 4.69) is 42.7 Å². The molecule has 0 bridgehead atoms. The van der Waals surface area contributed by atoms with Crippen molar-refractivity contribution in [3.63, 3.8) is 0 Å². The van der Waals surface area contributed by atoms with Crippen LogP contribution in [0.4, 0.5) is 0 Å². The van der Waals surface area contributed by atoms with Gasteiger partial charge in [-0.25, -0.2) is 0 Å². The van der Waals surface area contributed by atoms with Gasteiger partial charge in [0.25, 0.3) is 0 Å². The first-order chi connectivity index (χ1) is 8.73. The maximum absolute atomic E-state index is 3.84. The summed E-state index contributed by atoms with van der Waals surface area (Å²) >= 11 is 2.15. The van der Waals surface area contributed by atoms with Crippen molar-refractivity contribution in [2.75, 3.05) is 31.1 Å². The number of hydrogen-bond acceptors (Lipinski definition) is 3. The molecule has 2 fully saturated rings. The van der Waals surface area contributed by atoms with Gasteiger partial charge < -0.3 is 5.32 Å². The Morgan fingerprint density at radius 3 is 2.61 bits per heavy atom. The molecule has 0 amide bonds. The summed E-state index contributed by atoms with van der Waals surface area (Å²) in [4.78, 5) is 2.81. The minimum atomic E-state index is 0.386. The molecule has 0 aromatic carbocycles. The van der Waals surface area contributed by atoms with Crippen molar-refractivity contribution in [1.82, 2.24) is 10.2 Å². The predicted molar refractivity (Wildman–Crippen MR) is 82.4 cm³/mol. The van der Waals surface area contributed by atoms with E-state index in [-0.39, 0.29) is 0 Å². The first-order valence-electron chi connectivity index (χ1n) is 7.79. The molecule has 18 heavy (non-hydrogen) atoms. The van der Waals surface area contributed by atoms with Gasteiger partial charge in [-0.3, -0.25) is 4.90 Å². The van der Waals surface area contributed by atoms with Gasteiger partial charge in [0.1, 0.15) is 0 Å². The van der Waals surface area contributed by atoms with E-state index in [1.807, 2.05) is 0 Å². The van der Waals surface area contributed by atoms with E-state index in [0.717, 1.165) is 12.0 Å². The number of rotatable bonds is 5. The Balaban J connectivity index is 1.97. The van der Waals surface area contributed by atoms with E-state index in [1.54, 1.807) is 0 Å². The largest absolute Gasteiger partial charge is 0.308 e. The fraction of sp³-hybridized carbons (Fsp3) is 1.00. The van der Waals surface area contributed by atoms with E-state index in [4.69, 9.17) is 0 Å². The van der Waals surface area contributed by atoms with Crippen LogP contribution in [0.3, 0.4) is 0 Å². The molecule has 2 atom stereocenters. The van der Waals surface area contributed by atoms with Crippen LogP contribution < -0.4 is 5.32 Å². The Labute approximate surface area is 117 Å². The SMILES string of the molecule is CCC1CNC(CC)(CC)CN1CC1CCSC1. The topological polar surface area (TPSA) is 15.3 Å². The van der Waals surface area contributed by atoms with Crippen LogP contribution >= 0.6 is 11.8 Å². The second-order valence-corrected chi connectivity index (χ2v) is 7.24. The summed E-state index contributed by atoms with van der Waals surface area (Å²) < 4.78 is 0. The summed E-state index contributed by atoms with van der Waals surface area (Å²) in [5.74, 6) is 3.74. The van der Waals surface area contributed by atoms with Gasteiger partial charge in [0, 0.05) is 31.2 Å². The molecule has 2 unspecified atom stereocenters. The molecular formula is C15H30N2S.